The molecule has 0 spiro atoms. The van der Waals surface area contributed by atoms with Gasteiger partial charge in [0.2, 0.25) is 0 Å². The molecule has 1 nitrogen and oxygen atoms in total. The average Bonchev–Trinajstić information content (AvgIpc) is 1.68. The quantitative estimate of drug-likeness (QED) is 0.279. The molecule has 0 atom stereocenters. The Morgan fingerprint density at radius 3 is 1.67 bits per heavy atom. The summed E-state index contributed by atoms with van der Waals surface area (Å²) in [7, 11) is 0. The Balaban J connectivity index is 0. The van der Waals surface area contributed by atoms with Crippen LogP contribution in [-0.4, -0.2) is 36.1 Å². The van der Waals surface area contributed by atoms with Gasteiger partial charge in [-0.15, -0.1) is 23.2 Å². The van der Waals surface area contributed by atoms with Crippen molar-refractivity contribution in [3.05, 3.63) is 0 Å². The summed E-state index contributed by atoms with van der Waals surface area (Å²) >= 11 is 10.8. The SMILES string of the molecule is C=[N+](CCCl)CCCl.[Cl-]. The van der Waals surface area contributed by atoms with Gasteiger partial charge in [0.15, 0.2) is 13.1 Å². The first kappa shape index (κ1) is 12.2. The van der Waals surface area contributed by atoms with Crippen LogP contribution in [-0.2, 0) is 0 Å². The van der Waals surface area contributed by atoms with Crippen molar-refractivity contribution in [2.75, 3.05) is 24.8 Å². The Kier molecular flexibility index (Phi) is 11.6. The van der Waals surface area contributed by atoms with Crippen LogP contribution in [0, 0.1) is 0 Å². The first-order chi connectivity index (χ1) is 3.81. The molecule has 0 N–H and O–H groups in total. The summed E-state index contributed by atoms with van der Waals surface area (Å²) in [5.41, 5.74) is 0. The maximum atomic E-state index is 5.41. The second kappa shape index (κ2) is 8.54. The molecule has 0 aliphatic carbocycles. The smallest absolute Gasteiger partial charge is 0.155 e. The summed E-state index contributed by atoms with van der Waals surface area (Å²) in [6.07, 6.45) is 0. The first-order valence-corrected chi connectivity index (χ1v) is 3.55. The maximum absolute atomic E-state index is 5.41. The molecule has 0 rings (SSSR count). The molecule has 0 aromatic heterocycles. The van der Waals surface area contributed by atoms with E-state index in [1.54, 1.807) is 0 Å². The number of halogens is 3. The van der Waals surface area contributed by atoms with E-state index in [-0.39, 0.29) is 12.4 Å². The molecule has 4 heteroatoms. The molecule has 0 aliphatic rings. The fourth-order valence-electron chi connectivity index (χ4n) is 0.351. The van der Waals surface area contributed by atoms with Gasteiger partial charge in [-0.1, -0.05) is 0 Å². The van der Waals surface area contributed by atoms with Crippen molar-refractivity contribution in [3.8, 4) is 0 Å². The predicted octanol–water partition coefficient (Wildman–Crippen LogP) is -1.82. The van der Waals surface area contributed by atoms with Gasteiger partial charge < -0.3 is 12.4 Å². The predicted molar refractivity (Wildman–Crippen MR) is 38.6 cm³/mol. The normalized spacial score (nSPS) is 8.22. The Hall–Kier alpha value is 0.540. The molecule has 0 aromatic rings. The van der Waals surface area contributed by atoms with Crippen molar-refractivity contribution in [2.45, 2.75) is 0 Å². The highest BCUT2D eigenvalue weighted by Gasteiger charge is 1.94. The summed E-state index contributed by atoms with van der Waals surface area (Å²) in [4.78, 5) is 0. The molecule has 0 fully saturated rings. The molecule has 0 heterocycles. The minimum atomic E-state index is 0. The molecule has 0 aliphatic heterocycles. The zero-order chi connectivity index (χ0) is 6.41. The van der Waals surface area contributed by atoms with Crippen LogP contribution in [0.25, 0.3) is 0 Å². The fourth-order valence-corrected chi connectivity index (χ4v) is 0.829. The summed E-state index contributed by atoms with van der Waals surface area (Å²) < 4.78 is 1.85. The van der Waals surface area contributed by atoms with E-state index >= 15 is 0 Å². The Morgan fingerprint density at radius 1 is 1.11 bits per heavy atom. The third kappa shape index (κ3) is 8.54. The van der Waals surface area contributed by atoms with Gasteiger partial charge in [-0.3, -0.25) is 0 Å². The molecule has 0 radical (unpaired) electrons. The topological polar surface area (TPSA) is 3.01 Å². The van der Waals surface area contributed by atoms with E-state index in [0.29, 0.717) is 11.8 Å². The van der Waals surface area contributed by atoms with E-state index < -0.39 is 0 Å². The summed E-state index contributed by atoms with van der Waals surface area (Å²) in [5.74, 6) is 1.25. The molecule has 0 amide bonds. The minimum Gasteiger partial charge on any atom is -1.00 e. The van der Waals surface area contributed by atoms with Gasteiger partial charge in [0, 0.05) is 0 Å². The molecule has 0 bridgehead atoms. The van der Waals surface area contributed by atoms with Crippen LogP contribution in [0.4, 0.5) is 0 Å². The van der Waals surface area contributed by atoms with Crippen LogP contribution < -0.4 is 12.4 Å². The van der Waals surface area contributed by atoms with E-state index in [2.05, 4.69) is 6.72 Å². The second-order valence-corrected chi connectivity index (χ2v) is 2.25. The Bertz CT molecular complexity index is 66.6. The standard InChI is InChI=1S/C5H10Cl2N.ClH/c1-8(4-2-6)5-3-7;/h1-5H2;1H/q+1;/p-1. The molecule has 0 saturated heterocycles. The van der Waals surface area contributed by atoms with Gasteiger partial charge in [0.05, 0.1) is 11.8 Å². The highest BCUT2D eigenvalue weighted by atomic mass is 35.5. The first-order valence-electron chi connectivity index (χ1n) is 2.48. The van der Waals surface area contributed by atoms with Gasteiger partial charge >= 0.3 is 0 Å². The van der Waals surface area contributed by atoms with Crippen molar-refractivity contribution in [2.24, 2.45) is 0 Å². The number of rotatable bonds is 4. The lowest BCUT2D eigenvalue weighted by Gasteiger charge is -1.92. The van der Waals surface area contributed by atoms with E-state index in [0.717, 1.165) is 13.1 Å². The van der Waals surface area contributed by atoms with Gasteiger partial charge in [-0.2, -0.15) is 0 Å². The van der Waals surface area contributed by atoms with E-state index in [1.807, 2.05) is 4.58 Å². The highest BCUT2D eigenvalue weighted by Crippen LogP contribution is 1.79. The van der Waals surface area contributed by atoms with Crippen molar-refractivity contribution in [3.63, 3.8) is 0 Å². The fraction of sp³-hybridized carbons (Fsp3) is 0.800. The lowest BCUT2D eigenvalue weighted by atomic mass is 10.6. The lowest BCUT2D eigenvalue weighted by molar-refractivity contribution is -0.510. The average molecular weight is 191 g/mol. The molecular weight excluding hydrogens is 180 g/mol. The monoisotopic (exact) mass is 189 g/mol. The van der Waals surface area contributed by atoms with Gasteiger partial charge in [-0.25, -0.2) is 4.58 Å². The zero-order valence-corrected chi connectivity index (χ0v) is 7.38. The molecular formula is C5H10Cl3N. The Labute approximate surface area is 72.1 Å². The minimum absolute atomic E-state index is 0. The number of hydrogen-bond acceptors (Lipinski definition) is 0. The van der Waals surface area contributed by atoms with Crippen LogP contribution >= 0.6 is 23.2 Å². The van der Waals surface area contributed by atoms with Gasteiger partial charge in [-0.05, 0) is 0 Å². The van der Waals surface area contributed by atoms with Crippen LogP contribution in [0.15, 0.2) is 0 Å². The molecule has 0 aromatic carbocycles. The van der Waals surface area contributed by atoms with Crippen molar-refractivity contribution < 1.29 is 17.0 Å². The molecule has 0 saturated carbocycles. The summed E-state index contributed by atoms with van der Waals surface area (Å²) in [5, 5.41) is 0. The van der Waals surface area contributed by atoms with Crippen LogP contribution in [0.1, 0.15) is 0 Å². The Morgan fingerprint density at radius 2 is 1.44 bits per heavy atom. The van der Waals surface area contributed by atoms with E-state index in [1.165, 1.54) is 0 Å². The van der Waals surface area contributed by atoms with Crippen LogP contribution in [0.3, 0.4) is 0 Å². The second-order valence-electron chi connectivity index (χ2n) is 1.50. The van der Waals surface area contributed by atoms with Crippen molar-refractivity contribution >= 4 is 29.9 Å². The number of hydrogen-bond donors (Lipinski definition) is 0. The largest absolute Gasteiger partial charge is 1.00 e. The van der Waals surface area contributed by atoms with Gasteiger partial charge in [0.25, 0.3) is 0 Å². The molecule has 0 unspecified atom stereocenters. The van der Waals surface area contributed by atoms with Gasteiger partial charge in [0.1, 0.15) is 6.72 Å². The molecule has 9 heavy (non-hydrogen) atoms. The zero-order valence-electron chi connectivity index (χ0n) is 5.12. The van der Waals surface area contributed by atoms with Crippen LogP contribution in [0.2, 0.25) is 0 Å². The lowest BCUT2D eigenvalue weighted by Crippen LogP contribution is -3.00. The third-order valence-electron chi connectivity index (χ3n) is 0.801. The highest BCUT2D eigenvalue weighted by molar-refractivity contribution is 6.18. The third-order valence-corrected chi connectivity index (χ3v) is 1.14. The van der Waals surface area contributed by atoms with Crippen molar-refractivity contribution in [1.82, 2.24) is 0 Å². The van der Waals surface area contributed by atoms with Crippen molar-refractivity contribution in [1.29, 1.82) is 0 Å². The molecule has 56 valence electrons. The van der Waals surface area contributed by atoms with E-state index in [9.17, 15) is 0 Å². The summed E-state index contributed by atoms with van der Waals surface area (Å²) in [6, 6.07) is 0. The number of alkyl halides is 2. The summed E-state index contributed by atoms with van der Waals surface area (Å²) in [6.45, 7) is 5.31. The maximum Gasteiger partial charge on any atom is 0.155 e. The number of nitrogens with zero attached hydrogens (tertiary/aromatic N) is 1. The van der Waals surface area contributed by atoms with E-state index in [4.69, 9.17) is 23.2 Å². The van der Waals surface area contributed by atoms with Crippen LogP contribution in [0.5, 0.6) is 0 Å².